The van der Waals surface area contributed by atoms with Gasteiger partial charge in [-0.3, -0.25) is 4.79 Å². The summed E-state index contributed by atoms with van der Waals surface area (Å²) < 4.78 is 0. The van der Waals surface area contributed by atoms with Crippen molar-refractivity contribution in [2.24, 2.45) is 0 Å². The highest BCUT2D eigenvalue weighted by Crippen LogP contribution is 2.09. The maximum absolute atomic E-state index is 11.5. The molecule has 0 aliphatic heterocycles. The summed E-state index contributed by atoms with van der Waals surface area (Å²) in [4.78, 5) is 11.5. The fourth-order valence-corrected chi connectivity index (χ4v) is 2.98. The van der Waals surface area contributed by atoms with Crippen molar-refractivity contribution in [1.29, 1.82) is 0 Å². The zero-order chi connectivity index (χ0) is 17.7. The molecule has 0 saturated heterocycles. The molecule has 0 rings (SSSR count). The van der Waals surface area contributed by atoms with Crippen molar-refractivity contribution in [3.05, 3.63) is 12.2 Å². The van der Waals surface area contributed by atoms with Crippen LogP contribution in [0.5, 0.6) is 0 Å². The molecule has 24 heavy (non-hydrogen) atoms. The summed E-state index contributed by atoms with van der Waals surface area (Å²) in [6.45, 7) is 3.10. The Morgan fingerprint density at radius 3 is 1.92 bits per heavy atom. The van der Waals surface area contributed by atoms with Crippen LogP contribution in [0.25, 0.3) is 0 Å². The fraction of sp³-hybridized carbons (Fsp3) is 0.857. The van der Waals surface area contributed by atoms with Gasteiger partial charge in [-0.15, -0.1) is 9.24 Å². The predicted molar refractivity (Wildman–Crippen MR) is 112 cm³/mol. The molecule has 0 bridgehead atoms. The summed E-state index contributed by atoms with van der Waals surface area (Å²) in [6.07, 6.45) is 24.5. The standard InChI is InChI=1S/C21H42NOP/c1-2-3-4-5-6-7-8-9-10-11-12-13-14-15-16-18-21(23)22-19-17-20-24/h9-10H,2-8,11-20,24H2,1H3,(H,22,23)/b10-9-. The predicted octanol–water partition coefficient (Wildman–Crippen LogP) is 6.41. The number of hydrogen-bond donors (Lipinski definition) is 1. The molecule has 0 aromatic carbocycles. The number of allylic oxidation sites excluding steroid dienone is 2. The molecule has 0 spiro atoms. The minimum absolute atomic E-state index is 0.228. The van der Waals surface area contributed by atoms with Crippen molar-refractivity contribution in [3.63, 3.8) is 0 Å². The molecule has 0 saturated carbocycles. The van der Waals surface area contributed by atoms with Crippen LogP contribution in [0.15, 0.2) is 12.2 Å². The van der Waals surface area contributed by atoms with E-state index >= 15 is 0 Å². The Kier molecular flexibility index (Phi) is 20.4. The Bertz CT molecular complexity index is 292. The lowest BCUT2D eigenvalue weighted by Gasteiger charge is -2.04. The molecule has 1 N–H and O–H groups in total. The molecule has 0 aliphatic rings. The smallest absolute Gasteiger partial charge is 0.219 e. The summed E-state index contributed by atoms with van der Waals surface area (Å²) >= 11 is 0. The van der Waals surface area contributed by atoms with Crippen LogP contribution in [0.3, 0.4) is 0 Å². The van der Waals surface area contributed by atoms with E-state index in [1.807, 2.05) is 0 Å². The van der Waals surface area contributed by atoms with Crippen molar-refractivity contribution in [2.75, 3.05) is 12.7 Å². The van der Waals surface area contributed by atoms with Crippen LogP contribution in [0.2, 0.25) is 0 Å². The highest BCUT2D eigenvalue weighted by molar-refractivity contribution is 7.16. The first-order valence-electron chi connectivity index (χ1n) is 10.4. The number of rotatable bonds is 18. The normalized spacial score (nSPS) is 11.2. The zero-order valence-electron chi connectivity index (χ0n) is 16.2. The number of nitrogens with one attached hydrogen (secondary N) is 1. The third-order valence-corrected chi connectivity index (χ3v) is 4.78. The first kappa shape index (κ1) is 23.6. The van der Waals surface area contributed by atoms with Crippen LogP contribution < -0.4 is 5.32 Å². The third kappa shape index (κ3) is 19.7. The van der Waals surface area contributed by atoms with Gasteiger partial charge >= 0.3 is 0 Å². The van der Waals surface area contributed by atoms with Crippen LogP contribution in [0.1, 0.15) is 103 Å². The van der Waals surface area contributed by atoms with E-state index in [0.717, 1.165) is 25.5 Å². The second-order valence-corrected chi connectivity index (χ2v) is 7.40. The Labute approximate surface area is 153 Å². The van der Waals surface area contributed by atoms with Crippen molar-refractivity contribution < 1.29 is 4.79 Å². The van der Waals surface area contributed by atoms with E-state index in [1.165, 1.54) is 77.0 Å². The molecule has 0 heterocycles. The lowest BCUT2D eigenvalue weighted by atomic mass is 10.1. The molecular formula is C21H42NOP. The van der Waals surface area contributed by atoms with E-state index in [2.05, 4.69) is 33.6 Å². The highest BCUT2D eigenvalue weighted by Gasteiger charge is 1.99. The molecule has 1 unspecified atom stereocenters. The summed E-state index contributed by atoms with van der Waals surface area (Å²) in [5.74, 6) is 0.228. The summed E-state index contributed by atoms with van der Waals surface area (Å²) in [5, 5.41) is 2.97. The van der Waals surface area contributed by atoms with Gasteiger partial charge in [-0.1, -0.05) is 70.4 Å². The number of carbonyl (C=O) groups is 1. The number of amides is 1. The lowest BCUT2D eigenvalue weighted by molar-refractivity contribution is -0.121. The van der Waals surface area contributed by atoms with Gasteiger partial charge in [0.2, 0.25) is 5.91 Å². The minimum Gasteiger partial charge on any atom is -0.356 e. The first-order valence-corrected chi connectivity index (χ1v) is 11.2. The molecule has 0 aromatic rings. The van der Waals surface area contributed by atoms with E-state index < -0.39 is 0 Å². The number of carbonyl (C=O) groups excluding carboxylic acids is 1. The molecule has 0 fully saturated rings. The molecule has 0 aliphatic carbocycles. The summed E-state index contributed by atoms with van der Waals surface area (Å²) in [7, 11) is 2.69. The van der Waals surface area contributed by atoms with Crippen molar-refractivity contribution in [1.82, 2.24) is 5.32 Å². The van der Waals surface area contributed by atoms with Gasteiger partial charge in [0.05, 0.1) is 0 Å². The summed E-state index contributed by atoms with van der Waals surface area (Å²) in [5.41, 5.74) is 0. The maximum atomic E-state index is 11.5. The molecular weight excluding hydrogens is 313 g/mol. The Balaban J connectivity index is 3.16. The van der Waals surface area contributed by atoms with Gasteiger partial charge in [-0.05, 0) is 44.7 Å². The molecule has 0 aromatic heterocycles. The highest BCUT2D eigenvalue weighted by atomic mass is 31.0. The van der Waals surface area contributed by atoms with Gasteiger partial charge < -0.3 is 5.32 Å². The van der Waals surface area contributed by atoms with Crippen molar-refractivity contribution in [3.8, 4) is 0 Å². The first-order chi connectivity index (χ1) is 11.8. The van der Waals surface area contributed by atoms with E-state index in [9.17, 15) is 4.79 Å². The average molecular weight is 356 g/mol. The second-order valence-electron chi connectivity index (χ2n) is 6.83. The molecule has 0 radical (unpaired) electrons. The molecule has 1 atom stereocenters. The van der Waals surface area contributed by atoms with Crippen LogP contribution in [-0.4, -0.2) is 18.6 Å². The quantitative estimate of drug-likeness (QED) is 0.172. The van der Waals surface area contributed by atoms with Crippen LogP contribution in [0.4, 0.5) is 0 Å². The zero-order valence-corrected chi connectivity index (χ0v) is 17.3. The number of unbranched alkanes of at least 4 members (excludes halogenated alkanes) is 11. The average Bonchev–Trinajstić information content (AvgIpc) is 2.58. The fourth-order valence-electron chi connectivity index (χ4n) is 2.77. The van der Waals surface area contributed by atoms with E-state index in [4.69, 9.17) is 0 Å². The molecule has 3 heteroatoms. The minimum atomic E-state index is 0.228. The van der Waals surface area contributed by atoms with Crippen LogP contribution >= 0.6 is 9.24 Å². The van der Waals surface area contributed by atoms with Gasteiger partial charge in [0, 0.05) is 13.0 Å². The Morgan fingerprint density at radius 2 is 1.33 bits per heavy atom. The monoisotopic (exact) mass is 355 g/mol. The maximum Gasteiger partial charge on any atom is 0.219 e. The lowest BCUT2D eigenvalue weighted by Crippen LogP contribution is -2.24. The van der Waals surface area contributed by atoms with Gasteiger partial charge in [-0.2, -0.15) is 0 Å². The van der Waals surface area contributed by atoms with Gasteiger partial charge in [0.1, 0.15) is 0 Å². The van der Waals surface area contributed by atoms with Crippen molar-refractivity contribution >= 4 is 15.1 Å². The van der Waals surface area contributed by atoms with Crippen LogP contribution in [-0.2, 0) is 4.79 Å². The SMILES string of the molecule is CCCCCCCC/C=C\CCCCCCCC(=O)NCCCP. The van der Waals surface area contributed by atoms with E-state index in [1.54, 1.807) is 0 Å². The van der Waals surface area contributed by atoms with E-state index in [0.29, 0.717) is 6.42 Å². The van der Waals surface area contributed by atoms with Gasteiger partial charge in [0.15, 0.2) is 0 Å². The largest absolute Gasteiger partial charge is 0.356 e. The summed E-state index contributed by atoms with van der Waals surface area (Å²) in [6, 6.07) is 0. The third-order valence-electron chi connectivity index (χ3n) is 4.37. The van der Waals surface area contributed by atoms with Gasteiger partial charge in [-0.25, -0.2) is 0 Å². The Hall–Kier alpha value is -0.360. The Morgan fingerprint density at radius 1 is 0.792 bits per heavy atom. The van der Waals surface area contributed by atoms with Crippen molar-refractivity contribution in [2.45, 2.75) is 103 Å². The van der Waals surface area contributed by atoms with Gasteiger partial charge in [0.25, 0.3) is 0 Å². The molecule has 142 valence electrons. The molecule has 1 amide bonds. The number of hydrogen-bond acceptors (Lipinski definition) is 1. The second kappa shape index (κ2) is 20.7. The van der Waals surface area contributed by atoms with E-state index in [-0.39, 0.29) is 5.91 Å². The molecule has 2 nitrogen and oxygen atoms in total. The van der Waals surface area contributed by atoms with Crippen LogP contribution in [0, 0.1) is 0 Å². The topological polar surface area (TPSA) is 29.1 Å².